The number of carbonyl (C=O) groups excluding carboxylic acids is 2. The van der Waals surface area contributed by atoms with Gasteiger partial charge in [0.15, 0.2) is 0 Å². The number of fused-ring (bicyclic) bond motifs is 1. The zero-order valence-corrected chi connectivity index (χ0v) is 10.4. The number of hydrogen-bond donors (Lipinski definition) is 0. The van der Waals surface area contributed by atoms with Crippen LogP contribution in [0.3, 0.4) is 0 Å². The van der Waals surface area contributed by atoms with Gasteiger partial charge in [0.25, 0.3) is 0 Å². The van der Waals surface area contributed by atoms with E-state index in [1.807, 2.05) is 13.0 Å². The molecule has 2 fully saturated rings. The minimum absolute atomic E-state index is 0.0546. The summed E-state index contributed by atoms with van der Waals surface area (Å²) >= 11 is 0. The Morgan fingerprint density at radius 1 is 1.11 bits per heavy atom. The number of aromatic nitrogens is 1. The van der Waals surface area contributed by atoms with E-state index in [-0.39, 0.29) is 23.7 Å². The number of aryl methyl sites for hydroxylation is 1. The molecule has 0 aromatic carbocycles. The summed E-state index contributed by atoms with van der Waals surface area (Å²) in [6.07, 6.45) is 5.48. The molecule has 1 saturated heterocycles. The van der Waals surface area contributed by atoms with Crippen LogP contribution in [0.25, 0.3) is 0 Å². The van der Waals surface area contributed by atoms with Gasteiger partial charge in [-0.2, -0.15) is 0 Å². The monoisotopic (exact) mass is 244 g/mol. The molecule has 0 bridgehead atoms. The summed E-state index contributed by atoms with van der Waals surface area (Å²) in [5.74, 6) is 0.163. The quantitative estimate of drug-likeness (QED) is 0.710. The van der Waals surface area contributed by atoms with E-state index >= 15 is 0 Å². The number of hydrogen-bond acceptors (Lipinski definition) is 3. The van der Waals surface area contributed by atoms with E-state index in [2.05, 4.69) is 4.98 Å². The number of nitrogens with zero attached hydrogens (tertiary/aromatic N) is 2. The third-order valence-electron chi connectivity index (χ3n) is 3.97. The van der Waals surface area contributed by atoms with Gasteiger partial charge in [0.05, 0.1) is 11.8 Å². The van der Waals surface area contributed by atoms with E-state index in [4.69, 9.17) is 0 Å². The minimum atomic E-state index is -0.102. The van der Waals surface area contributed by atoms with Crippen molar-refractivity contribution in [2.75, 3.05) is 4.90 Å². The molecule has 18 heavy (non-hydrogen) atoms. The minimum Gasteiger partial charge on any atom is -0.274 e. The van der Waals surface area contributed by atoms with Gasteiger partial charge in [-0.25, -0.2) is 9.88 Å². The van der Waals surface area contributed by atoms with Gasteiger partial charge in [0.2, 0.25) is 11.8 Å². The average Bonchev–Trinajstić information content (AvgIpc) is 2.64. The Balaban J connectivity index is 1.95. The summed E-state index contributed by atoms with van der Waals surface area (Å²) in [5.41, 5.74) is 1.02. The van der Waals surface area contributed by atoms with E-state index in [1.165, 1.54) is 4.90 Å². The van der Waals surface area contributed by atoms with Crippen molar-refractivity contribution >= 4 is 17.6 Å². The van der Waals surface area contributed by atoms with Crippen LogP contribution in [0.2, 0.25) is 0 Å². The average molecular weight is 244 g/mol. The second-order valence-electron chi connectivity index (χ2n) is 5.20. The summed E-state index contributed by atoms with van der Waals surface area (Å²) < 4.78 is 0. The fourth-order valence-electron chi connectivity index (χ4n) is 2.98. The fourth-order valence-corrected chi connectivity index (χ4v) is 2.98. The van der Waals surface area contributed by atoms with E-state index < -0.39 is 0 Å². The zero-order chi connectivity index (χ0) is 12.7. The highest BCUT2D eigenvalue weighted by atomic mass is 16.2. The Morgan fingerprint density at radius 3 is 2.22 bits per heavy atom. The van der Waals surface area contributed by atoms with E-state index in [0.717, 1.165) is 31.2 Å². The highest BCUT2D eigenvalue weighted by Crippen LogP contribution is 2.39. The summed E-state index contributed by atoms with van der Waals surface area (Å²) in [6.45, 7) is 1.93. The number of rotatable bonds is 1. The summed E-state index contributed by atoms with van der Waals surface area (Å²) in [6, 6.07) is 3.63. The van der Waals surface area contributed by atoms with Crippen LogP contribution in [-0.2, 0) is 9.59 Å². The molecule has 1 aliphatic heterocycles. The first-order valence-corrected chi connectivity index (χ1v) is 6.49. The lowest BCUT2D eigenvalue weighted by Gasteiger charge is -2.19. The number of pyridine rings is 1. The van der Waals surface area contributed by atoms with E-state index in [9.17, 15) is 9.59 Å². The Bertz CT molecular complexity index is 471. The zero-order valence-electron chi connectivity index (χ0n) is 10.4. The number of carbonyl (C=O) groups is 2. The lowest BCUT2D eigenvalue weighted by Crippen LogP contribution is -2.31. The second-order valence-corrected chi connectivity index (χ2v) is 5.20. The number of anilines is 1. The molecule has 4 nitrogen and oxygen atoms in total. The molecule has 0 spiro atoms. The highest BCUT2D eigenvalue weighted by molar-refractivity contribution is 6.21. The predicted octanol–water partition coefficient (Wildman–Crippen LogP) is 2.07. The lowest BCUT2D eigenvalue weighted by atomic mass is 9.81. The van der Waals surface area contributed by atoms with Gasteiger partial charge in [0.1, 0.15) is 5.82 Å². The van der Waals surface area contributed by atoms with Crippen molar-refractivity contribution in [3.8, 4) is 0 Å². The van der Waals surface area contributed by atoms with Crippen LogP contribution in [0.4, 0.5) is 5.82 Å². The molecule has 2 unspecified atom stereocenters. The fraction of sp³-hybridized carbons (Fsp3) is 0.500. The molecule has 2 heterocycles. The van der Waals surface area contributed by atoms with Crippen molar-refractivity contribution < 1.29 is 9.59 Å². The Labute approximate surface area is 106 Å². The molecule has 94 valence electrons. The first-order valence-electron chi connectivity index (χ1n) is 6.49. The smallest absolute Gasteiger partial charge is 0.238 e. The number of amides is 2. The molecule has 4 heteroatoms. The van der Waals surface area contributed by atoms with Crippen LogP contribution in [0.5, 0.6) is 0 Å². The second kappa shape index (κ2) is 4.19. The molecule has 1 aromatic heterocycles. The first-order chi connectivity index (χ1) is 8.68. The highest BCUT2D eigenvalue weighted by Gasteiger charge is 2.49. The lowest BCUT2D eigenvalue weighted by molar-refractivity contribution is -0.122. The summed E-state index contributed by atoms with van der Waals surface area (Å²) in [5, 5.41) is 0. The maximum Gasteiger partial charge on any atom is 0.238 e. The molecule has 1 aliphatic carbocycles. The van der Waals surface area contributed by atoms with Crippen molar-refractivity contribution in [3.05, 3.63) is 23.9 Å². The summed E-state index contributed by atoms with van der Waals surface area (Å²) in [4.78, 5) is 30.1. The molecular formula is C14H16N2O2. The van der Waals surface area contributed by atoms with Crippen LogP contribution in [0.1, 0.15) is 31.2 Å². The van der Waals surface area contributed by atoms with Crippen LogP contribution in [0.15, 0.2) is 18.3 Å². The van der Waals surface area contributed by atoms with Crippen LogP contribution in [0, 0.1) is 18.8 Å². The molecule has 2 amide bonds. The molecule has 1 aromatic rings. The first kappa shape index (κ1) is 11.4. The summed E-state index contributed by atoms with van der Waals surface area (Å²) in [7, 11) is 0. The van der Waals surface area contributed by atoms with Crippen molar-refractivity contribution in [1.29, 1.82) is 0 Å². The van der Waals surface area contributed by atoms with Gasteiger partial charge in [-0.05, 0) is 31.4 Å². The van der Waals surface area contributed by atoms with Gasteiger partial charge in [-0.3, -0.25) is 9.59 Å². The van der Waals surface area contributed by atoms with E-state index in [1.54, 1.807) is 12.3 Å². The topological polar surface area (TPSA) is 50.3 Å². The molecule has 2 aliphatic rings. The maximum absolute atomic E-state index is 12.3. The third-order valence-corrected chi connectivity index (χ3v) is 3.97. The van der Waals surface area contributed by atoms with Gasteiger partial charge < -0.3 is 0 Å². The van der Waals surface area contributed by atoms with Crippen molar-refractivity contribution in [2.24, 2.45) is 11.8 Å². The molecule has 2 atom stereocenters. The van der Waals surface area contributed by atoms with Crippen LogP contribution < -0.4 is 4.90 Å². The predicted molar refractivity (Wildman–Crippen MR) is 66.9 cm³/mol. The Morgan fingerprint density at radius 2 is 1.72 bits per heavy atom. The third kappa shape index (κ3) is 1.64. The van der Waals surface area contributed by atoms with Gasteiger partial charge in [0, 0.05) is 6.20 Å². The standard InChI is InChI=1S/C14H16N2O2/c1-9-6-7-12(15-8-9)16-13(17)10-4-2-3-5-11(10)14(16)18/h6-8,10-11H,2-5H2,1H3. The van der Waals surface area contributed by atoms with Crippen molar-refractivity contribution in [2.45, 2.75) is 32.6 Å². The molecular weight excluding hydrogens is 228 g/mol. The molecule has 1 saturated carbocycles. The Hall–Kier alpha value is -1.71. The largest absolute Gasteiger partial charge is 0.274 e. The van der Waals surface area contributed by atoms with Crippen LogP contribution >= 0.6 is 0 Å². The maximum atomic E-state index is 12.3. The molecule has 3 rings (SSSR count). The number of imide groups is 1. The van der Waals surface area contributed by atoms with Crippen LogP contribution in [-0.4, -0.2) is 16.8 Å². The van der Waals surface area contributed by atoms with Gasteiger partial charge >= 0.3 is 0 Å². The normalized spacial score (nSPS) is 27.5. The molecule has 0 radical (unpaired) electrons. The van der Waals surface area contributed by atoms with Gasteiger partial charge in [-0.15, -0.1) is 0 Å². The van der Waals surface area contributed by atoms with E-state index in [0.29, 0.717) is 5.82 Å². The SMILES string of the molecule is Cc1ccc(N2C(=O)C3CCCCC3C2=O)nc1. The molecule has 0 N–H and O–H groups in total. The van der Waals surface area contributed by atoms with Crippen molar-refractivity contribution in [1.82, 2.24) is 4.98 Å². The Kier molecular flexibility index (Phi) is 2.65. The van der Waals surface area contributed by atoms with Gasteiger partial charge in [-0.1, -0.05) is 18.9 Å². The van der Waals surface area contributed by atoms with Crippen molar-refractivity contribution in [3.63, 3.8) is 0 Å².